The number of hydrogen-bond donors (Lipinski definition) is 1. The van der Waals surface area contributed by atoms with Gasteiger partial charge in [0, 0.05) is 25.0 Å². The molecule has 42 heavy (non-hydrogen) atoms. The van der Waals surface area contributed by atoms with Crippen LogP contribution in [0.3, 0.4) is 0 Å². The maximum absolute atomic E-state index is 14.3. The van der Waals surface area contributed by atoms with Gasteiger partial charge in [0.2, 0.25) is 0 Å². The molecule has 0 aliphatic heterocycles. The molecule has 1 heterocycles. The molecule has 0 saturated heterocycles. The summed E-state index contributed by atoms with van der Waals surface area (Å²) in [7, 11) is 4.11. The molecule has 1 N–H and O–H groups in total. The van der Waals surface area contributed by atoms with Gasteiger partial charge in [-0.05, 0) is 49.5 Å². The molecule has 0 fully saturated rings. The van der Waals surface area contributed by atoms with Gasteiger partial charge in [0.1, 0.15) is 30.4 Å². The van der Waals surface area contributed by atoms with Gasteiger partial charge in [-0.25, -0.2) is 0 Å². The van der Waals surface area contributed by atoms with Gasteiger partial charge in [0.15, 0.2) is 5.78 Å². The second-order valence-corrected chi connectivity index (χ2v) is 11.0. The van der Waals surface area contributed by atoms with E-state index < -0.39 is 0 Å². The summed E-state index contributed by atoms with van der Waals surface area (Å²) in [5.74, 6) is 0.866. The second kappa shape index (κ2) is 12.4. The molecule has 0 atom stereocenters. The number of aromatic nitrogens is 2. The first-order valence-electron chi connectivity index (χ1n) is 14.1. The summed E-state index contributed by atoms with van der Waals surface area (Å²) in [5.41, 5.74) is 5.09. The fourth-order valence-electron chi connectivity index (χ4n) is 5.29. The van der Waals surface area contributed by atoms with Crippen LogP contribution in [0.4, 0.5) is 0 Å². The lowest BCUT2D eigenvalue weighted by Crippen LogP contribution is -2.29. The van der Waals surface area contributed by atoms with Crippen LogP contribution in [0.25, 0.3) is 22.2 Å². The summed E-state index contributed by atoms with van der Waals surface area (Å²) in [5, 5.41) is 9.69. The van der Waals surface area contributed by atoms with Crippen LogP contribution in [0.15, 0.2) is 84.9 Å². The van der Waals surface area contributed by atoms with Crippen molar-refractivity contribution in [3.8, 4) is 22.8 Å². The zero-order valence-electron chi connectivity index (χ0n) is 23.8. The summed E-state index contributed by atoms with van der Waals surface area (Å²) in [6, 6.07) is 27.3. The van der Waals surface area contributed by atoms with E-state index in [1.807, 2.05) is 83.5 Å². The Hall–Kier alpha value is -4.17. The zero-order valence-corrected chi connectivity index (χ0v) is 24.5. The Morgan fingerprint density at radius 1 is 0.786 bits per heavy atom. The minimum Gasteiger partial charge on any atom is -0.488 e. The van der Waals surface area contributed by atoms with Crippen molar-refractivity contribution in [3.63, 3.8) is 0 Å². The van der Waals surface area contributed by atoms with Crippen molar-refractivity contribution < 1.29 is 14.3 Å². The molecule has 0 spiro atoms. The van der Waals surface area contributed by atoms with E-state index in [1.165, 1.54) is 0 Å². The Morgan fingerprint density at radius 3 is 2.02 bits per heavy atom. The van der Waals surface area contributed by atoms with Crippen molar-refractivity contribution in [2.24, 2.45) is 0 Å². The first-order valence-corrected chi connectivity index (χ1v) is 14.5. The number of likely N-dealkylation sites (N-methyl/N-ethyl adjacent to an activating group) is 1. The Bertz CT molecular complexity index is 1720. The molecule has 6 rings (SSSR count). The molecule has 0 amide bonds. The van der Waals surface area contributed by atoms with E-state index in [0.717, 1.165) is 41.7 Å². The van der Waals surface area contributed by atoms with E-state index in [4.69, 9.17) is 26.2 Å². The highest BCUT2D eigenvalue weighted by molar-refractivity contribution is 6.39. The van der Waals surface area contributed by atoms with Gasteiger partial charge in [0.05, 0.1) is 33.8 Å². The van der Waals surface area contributed by atoms with Crippen LogP contribution in [0, 0.1) is 0 Å². The first-order chi connectivity index (χ1) is 20.5. The molecule has 0 unspecified atom stereocenters. The van der Waals surface area contributed by atoms with Gasteiger partial charge >= 0.3 is 0 Å². The molecule has 5 aromatic rings. The number of rotatable bonds is 12. The number of hydrogen-bond acceptors (Lipinski definition) is 6. The molecular formula is C34H33ClN4O3. The predicted molar refractivity (Wildman–Crippen MR) is 167 cm³/mol. The molecule has 0 radical (unpaired) electrons. The maximum atomic E-state index is 14.3. The van der Waals surface area contributed by atoms with E-state index in [2.05, 4.69) is 24.3 Å². The van der Waals surface area contributed by atoms with Crippen LogP contribution < -0.4 is 14.8 Å². The normalized spacial score (nSPS) is 12.1. The van der Waals surface area contributed by atoms with Crippen LogP contribution in [0.2, 0.25) is 5.02 Å². The standard InChI is InChI=1S/C34H33ClN4O3/c1-38(2)19-17-36-18-20-39-26-14-13-25(35)29-30(26)33(37-39)31-27(41-21-23-9-5-3-6-10-23)15-16-28(32(31)34(29)40)42-22-24-11-7-4-8-12-24/h3-16,36H,17-22H2,1-2H3. The molecule has 214 valence electrons. The maximum Gasteiger partial charge on any atom is 0.199 e. The summed E-state index contributed by atoms with van der Waals surface area (Å²) >= 11 is 6.71. The topological polar surface area (TPSA) is 68.6 Å². The van der Waals surface area contributed by atoms with Gasteiger partial charge in [-0.3, -0.25) is 9.48 Å². The fourth-order valence-corrected chi connectivity index (χ4v) is 5.53. The Balaban J connectivity index is 1.43. The van der Waals surface area contributed by atoms with Crippen LogP contribution in [0.1, 0.15) is 27.0 Å². The largest absolute Gasteiger partial charge is 0.488 e. The number of nitrogens with one attached hydrogen (secondary N) is 1. The molecule has 1 aliphatic carbocycles. The summed E-state index contributed by atoms with van der Waals surface area (Å²) in [6.45, 7) is 3.87. The number of fused-ring (bicyclic) bond motifs is 2. The molecule has 1 aromatic heterocycles. The summed E-state index contributed by atoms with van der Waals surface area (Å²) < 4.78 is 14.6. The van der Waals surface area contributed by atoms with E-state index >= 15 is 0 Å². The van der Waals surface area contributed by atoms with Crippen LogP contribution in [-0.4, -0.2) is 54.2 Å². The van der Waals surface area contributed by atoms with Crippen LogP contribution >= 0.6 is 11.6 Å². The first kappa shape index (κ1) is 28.0. The van der Waals surface area contributed by atoms with Gasteiger partial charge in [-0.15, -0.1) is 0 Å². The third-order valence-electron chi connectivity index (χ3n) is 7.40. The fraction of sp³-hybridized carbons (Fsp3) is 0.235. The number of halogens is 1. The molecule has 1 aliphatic rings. The SMILES string of the molecule is CN(C)CCNCCn1nc2c3c(c(Cl)ccc31)C(=O)c1c(OCc3ccccc3)ccc(OCc3ccccc3)c1-2. The third kappa shape index (κ3) is 5.63. The average molecular weight is 581 g/mol. The number of ketones is 1. The summed E-state index contributed by atoms with van der Waals surface area (Å²) in [6.07, 6.45) is 0. The highest BCUT2D eigenvalue weighted by Crippen LogP contribution is 2.48. The highest BCUT2D eigenvalue weighted by atomic mass is 35.5. The van der Waals surface area contributed by atoms with Crippen molar-refractivity contribution in [2.45, 2.75) is 19.8 Å². The van der Waals surface area contributed by atoms with Crippen molar-refractivity contribution >= 4 is 28.3 Å². The van der Waals surface area contributed by atoms with E-state index in [1.54, 1.807) is 6.07 Å². The molecule has 8 heteroatoms. The third-order valence-corrected chi connectivity index (χ3v) is 7.71. The van der Waals surface area contributed by atoms with E-state index in [9.17, 15) is 4.79 Å². The summed E-state index contributed by atoms with van der Waals surface area (Å²) in [4.78, 5) is 16.4. The Morgan fingerprint density at radius 2 is 1.40 bits per heavy atom. The van der Waals surface area contributed by atoms with Crippen LogP contribution in [-0.2, 0) is 19.8 Å². The predicted octanol–water partition coefficient (Wildman–Crippen LogP) is 6.21. The number of nitrogens with zero attached hydrogens (tertiary/aromatic N) is 3. The van der Waals surface area contributed by atoms with E-state index in [-0.39, 0.29) is 5.78 Å². The Labute approximate surface area is 250 Å². The van der Waals surface area contributed by atoms with Gasteiger partial charge in [0.25, 0.3) is 0 Å². The van der Waals surface area contributed by atoms with Crippen molar-refractivity contribution in [1.82, 2.24) is 20.0 Å². The number of ether oxygens (including phenoxy) is 2. The quantitative estimate of drug-likeness (QED) is 0.174. The Kier molecular flexibility index (Phi) is 8.24. The lowest BCUT2D eigenvalue weighted by molar-refractivity contribution is 0.103. The van der Waals surface area contributed by atoms with Crippen molar-refractivity contribution in [1.29, 1.82) is 0 Å². The van der Waals surface area contributed by atoms with Crippen molar-refractivity contribution in [2.75, 3.05) is 33.7 Å². The molecule has 0 bridgehead atoms. The minimum absolute atomic E-state index is 0.190. The number of benzene rings is 4. The monoisotopic (exact) mass is 580 g/mol. The second-order valence-electron chi connectivity index (χ2n) is 10.6. The van der Waals surface area contributed by atoms with Crippen molar-refractivity contribution in [3.05, 3.63) is 112 Å². The van der Waals surface area contributed by atoms with Gasteiger partial charge < -0.3 is 19.7 Å². The van der Waals surface area contributed by atoms with Crippen LogP contribution in [0.5, 0.6) is 11.5 Å². The lowest BCUT2D eigenvalue weighted by Gasteiger charge is -2.22. The smallest absolute Gasteiger partial charge is 0.199 e. The highest BCUT2D eigenvalue weighted by Gasteiger charge is 2.35. The minimum atomic E-state index is -0.190. The molecular weight excluding hydrogens is 548 g/mol. The number of carbonyl (C=O) groups excluding carboxylic acids is 1. The van der Waals surface area contributed by atoms with E-state index in [0.29, 0.717) is 58.7 Å². The van der Waals surface area contributed by atoms with Gasteiger partial charge in [-0.1, -0.05) is 72.3 Å². The molecule has 0 saturated carbocycles. The average Bonchev–Trinajstić information content (AvgIpc) is 3.37. The van der Waals surface area contributed by atoms with Gasteiger partial charge in [-0.2, -0.15) is 5.10 Å². The molecule has 4 aromatic carbocycles. The molecule has 7 nitrogen and oxygen atoms in total. The zero-order chi connectivity index (χ0) is 29.1. The lowest BCUT2D eigenvalue weighted by atomic mass is 9.86. The number of carbonyl (C=O) groups is 1.